The van der Waals surface area contributed by atoms with E-state index in [1.807, 2.05) is 37.3 Å². The number of carbonyl (C=O) groups is 1. The van der Waals surface area contributed by atoms with E-state index in [1.54, 1.807) is 0 Å². The average Bonchev–Trinajstić information content (AvgIpc) is 2.49. The van der Waals surface area contributed by atoms with Crippen molar-refractivity contribution < 1.29 is 9.18 Å². The predicted octanol–water partition coefficient (Wildman–Crippen LogP) is 3.03. The highest BCUT2D eigenvalue weighted by molar-refractivity contribution is 5.98. The van der Waals surface area contributed by atoms with Crippen LogP contribution in [0.2, 0.25) is 0 Å². The standard InChI is InChI=1S/C16H17FN2O/c1-2-16(18,12-6-4-3-5-7-12)15(20)19-14-10-8-13(17)9-11-14/h3-11H,2,18H2,1H3,(H,19,20). The van der Waals surface area contributed by atoms with Gasteiger partial charge in [-0.3, -0.25) is 4.79 Å². The second kappa shape index (κ2) is 5.84. The lowest BCUT2D eigenvalue weighted by Gasteiger charge is -2.27. The van der Waals surface area contributed by atoms with Crippen molar-refractivity contribution in [2.75, 3.05) is 5.32 Å². The molecule has 0 bridgehead atoms. The van der Waals surface area contributed by atoms with Crippen LogP contribution in [0.15, 0.2) is 54.6 Å². The average molecular weight is 272 g/mol. The van der Waals surface area contributed by atoms with Gasteiger partial charge in [0, 0.05) is 5.69 Å². The number of benzene rings is 2. The van der Waals surface area contributed by atoms with Crippen LogP contribution in [0.3, 0.4) is 0 Å². The number of nitrogens with one attached hydrogen (secondary N) is 1. The van der Waals surface area contributed by atoms with Gasteiger partial charge in [-0.05, 0) is 36.2 Å². The van der Waals surface area contributed by atoms with E-state index in [2.05, 4.69) is 5.32 Å². The van der Waals surface area contributed by atoms with Gasteiger partial charge < -0.3 is 11.1 Å². The number of hydrogen-bond acceptors (Lipinski definition) is 2. The molecule has 1 unspecified atom stereocenters. The Hall–Kier alpha value is -2.20. The van der Waals surface area contributed by atoms with Gasteiger partial charge >= 0.3 is 0 Å². The van der Waals surface area contributed by atoms with Crippen LogP contribution in [-0.2, 0) is 10.3 Å². The molecule has 1 atom stereocenters. The fourth-order valence-corrected chi connectivity index (χ4v) is 2.01. The summed E-state index contributed by atoms with van der Waals surface area (Å²) in [6.45, 7) is 1.86. The molecule has 1 amide bonds. The molecule has 0 saturated carbocycles. The van der Waals surface area contributed by atoms with Crippen LogP contribution in [0.5, 0.6) is 0 Å². The normalized spacial score (nSPS) is 13.6. The van der Waals surface area contributed by atoms with Crippen molar-refractivity contribution in [3.05, 3.63) is 66.0 Å². The second-order valence-corrected chi connectivity index (χ2v) is 4.65. The summed E-state index contributed by atoms with van der Waals surface area (Å²) in [6, 6.07) is 14.8. The van der Waals surface area contributed by atoms with E-state index in [9.17, 15) is 9.18 Å². The summed E-state index contributed by atoms with van der Waals surface area (Å²) in [5, 5.41) is 2.73. The zero-order chi connectivity index (χ0) is 14.6. The van der Waals surface area contributed by atoms with Crippen LogP contribution >= 0.6 is 0 Å². The molecular weight excluding hydrogens is 255 g/mol. The summed E-state index contributed by atoms with van der Waals surface area (Å²) in [7, 11) is 0. The highest BCUT2D eigenvalue weighted by Gasteiger charge is 2.33. The first-order chi connectivity index (χ1) is 9.56. The van der Waals surface area contributed by atoms with Crippen molar-refractivity contribution >= 4 is 11.6 Å². The maximum Gasteiger partial charge on any atom is 0.249 e. The Kier molecular flexibility index (Phi) is 4.15. The topological polar surface area (TPSA) is 55.1 Å². The van der Waals surface area contributed by atoms with Crippen LogP contribution in [0.4, 0.5) is 10.1 Å². The third-order valence-electron chi connectivity index (χ3n) is 3.35. The monoisotopic (exact) mass is 272 g/mol. The molecule has 104 valence electrons. The first-order valence-corrected chi connectivity index (χ1v) is 6.47. The van der Waals surface area contributed by atoms with Gasteiger partial charge in [-0.15, -0.1) is 0 Å². The minimum Gasteiger partial charge on any atom is -0.324 e. The van der Waals surface area contributed by atoms with Gasteiger partial charge in [-0.25, -0.2) is 4.39 Å². The van der Waals surface area contributed by atoms with Crippen LogP contribution < -0.4 is 11.1 Å². The fourth-order valence-electron chi connectivity index (χ4n) is 2.01. The molecule has 2 rings (SSSR count). The van der Waals surface area contributed by atoms with Gasteiger partial charge in [0.2, 0.25) is 5.91 Å². The largest absolute Gasteiger partial charge is 0.324 e. The summed E-state index contributed by atoms with van der Waals surface area (Å²) >= 11 is 0. The van der Waals surface area contributed by atoms with Gasteiger partial charge in [-0.2, -0.15) is 0 Å². The maximum atomic E-state index is 12.9. The minimum absolute atomic E-state index is 0.308. The van der Waals surface area contributed by atoms with Gasteiger partial charge in [-0.1, -0.05) is 37.3 Å². The van der Waals surface area contributed by atoms with Crippen LogP contribution in [0.1, 0.15) is 18.9 Å². The molecule has 0 saturated heterocycles. The molecule has 0 aromatic heterocycles. The van der Waals surface area contributed by atoms with Crippen molar-refractivity contribution in [3.8, 4) is 0 Å². The number of amides is 1. The lowest BCUT2D eigenvalue weighted by atomic mass is 9.87. The quantitative estimate of drug-likeness (QED) is 0.898. The molecule has 0 aliphatic rings. The molecule has 2 aromatic rings. The van der Waals surface area contributed by atoms with Crippen LogP contribution in [0, 0.1) is 5.82 Å². The zero-order valence-electron chi connectivity index (χ0n) is 11.3. The molecule has 0 aliphatic heterocycles. The number of rotatable bonds is 4. The molecule has 20 heavy (non-hydrogen) atoms. The van der Waals surface area contributed by atoms with Crippen molar-refractivity contribution in [1.82, 2.24) is 0 Å². The summed E-state index contributed by atoms with van der Waals surface area (Å²) in [5.74, 6) is -0.654. The third-order valence-corrected chi connectivity index (χ3v) is 3.35. The molecular formula is C16H17FN2O. The molecule has 4 heteroatoms. The predicted molar refractivity (Wildman–Crippen MR) is 77.6 cm³/mol. The van der Waals surface area contributed by atoms with E-state index >= 15 is 0 Å². The smallest absolute Gasteiger partial charge is 0.249 e. The Morgan fingerprint density at radius 2 is 1.75 bits per heavy atom. The number of nitrogens with two attached hydrogens (primary N) is 1. The Labute approximate surface area is 117 Å². The molecule has 0 spiro atoms. The summed E-state index contributed by atoms with van der Waals surface area (Å²) in [6.07, 6.45) is 0.462. The third kappa shape index (κ3) is 2.86. The van der Waals surface area contributed by atoms with Crippen molar-refractivity contribution in [1.29, 1.82) is 0 Å². The van der Waals surface area contributed by atoms with E-state index in [-0.39, 0.29) is 11.7 Å². The number of halogens is 1. The Morgan fingerprint density at radius 3 is 2.30 bits per heavy atom. The first kappa shape index (κ1) is 14.2. The second-order valence-electron chi connectivity index (χ2n) is 4.65. The molecule has 0 radical (unpaired) electrons. The summed E-state index contributed by atoms with van der Waals surface area (Å²) < 4.78 is 12.9. The number of carbonyl (C=O) groups excluding carboxylic acids is 1. The lowest BCUT2D eigenvalue weighted by Crippen LogP contribution is -2.47. The fraction of sp³-hybridized carbons (Fsp3) is 0.188. The zero-order valence-corrected chi connectivity index (χ0v) is 11.3. The Bertz CT molecular complexity index is 583. The lowest BCUT2D eigenvalue weighted by molar-refractivity contribution is -0.121. The van der Waals surface area contributed by atoms with Gasteiger partial charge in [0.25, 0.3) is 0 Å². The molecule has 3 N–H and O–H groups in total. The van der Waals surface area contributed by atoms with Crippen molar-refractivity contribution in [2.45, 2.75) is 18.9 Å². The van der Waals surface area contributed by atoms with Crippen LogP contribution in [-0.4, -0.2) is 5.91 Å². The molecule has 0 fully saturated rings. The van der Waals surface area contributed by atoms with E-state index < -0.39 is 5.54 Å². The van der Waals surface area contributed by atoms with Crippen LogP contribution in [0.25, 0.3) is 0 Å². The van der Waals surface area contributed by atoms with Gasteiger partial charge in [0.05, 0.1) is 0 Å². The minimum atomic E-state index is -1.10. The number of anilines is 1. The molecule has 2 aromatic carbocycles. The van der Waals surface area contributed by atoms with E-state index in [1.165, 1.54) is 24.3 Å². The highest BCUT2D eigenvalue weighted by atomic mass is 19.1. The van der Waals surface area contributed by atoms with Crippen molar-refractivity contribution in [3.63, 3.8) is 0 Å². The Balaban J connectivity index is 2.23. The molecule has 0 aliphatic carbocycles. The molecule has 0 heterocycles. The van der Waals surface area contributed by atoms with Gasteiger partial charge in [0.1, 0.15) is 11.4 Å². The number of hydrogen-bond donors (Lipinski definition) is 2. The highest BCUT2D eigenvalue weighted by Crippen LogP contribution is 2.24. The van der Waals surface area contributed by atoms with E-state index in [0.29, 0.717) is 12.1 Å². The molecule has 3 nitrogen and oxygen atoms in total. The van der Waals surface area contributed by atoms with Gasteiger partial charge in [0.15, 0.2) is 0 Å². The Morgan fingerprint density at radius 1 is 1.15 bits per heavy atom. The summed E-state index contributed by atoms with van der Waals surface area (Å²) in [5.41, 5.74) is 6.43. The first-order valence-electron chi connectivity index (χ1n) is 6.47. The maximum absolute atomic E-state index is 12.9. The van der Waals surface area contributed by atoms with Crippen molar-refractivity contribution in [2.24, 2.45) is 5.73 Å². The van der Waals surface area contributed by atoms with E-state index in [4.69, 9.17) is 5.73 Å². The summed E-state index contributed by atoms with van der Waals surface area (Å²) in [4.78, 5) is 12.4. The SMILES string of the molecule is CCC(N)(C(=O)Nc1ccc(F)cc1)c1ccccc1. The van der Waals surface area contributed by atoms with E-state index in [0.717, 1.165) is 5.56 Å².